The van der Waals surface area contributed by atoms with Crippen LogP contribution in [-0.4, -0.2) is 22.8 Å². The Hall–Kier alpha value is -3.12. The van der Waals surface area contributed by atoms with Gasteiger partial charge in [0.2, 0.25) is 5.91 Å². The Morgan fingerprint density at radius 3 is 2.19 bits per heavy atom. The normalized spacial score (nSPS) is 28.1. The molecule has 1 saturated heterocycles. The van der Waals surface area contributed by atoms with Crippen molar-refractivity contribution in [2.75, 3.05) is 5.32 Å². The fourth-order valence-electron chi connectivity index (χ4n) is 6.26. The van der Waals surface area contributed by atoms with Crippen molar-refractivity contribution in [3.8, 4) is 11.5 Å². The number of fused-ring (bicyclic) bond motifs is 1. The van der Waals surface area contributed by atoms with Crippen LogP contribution in [0, 0.1) is 23.7 Å². The molecule has 2 bridgehead atoms. The largest absolute Gasteiger partial charge is 0.461 e. The quantitative estimate of drug-likeness (QED) is 0.291. The zero-order valence-corrected chi connectivity index (χ0v) is 21.8. The van der Waals surface area contributed by atoms with Crippen LogP contribution in [0.2, 0.25) is 0 Å². The first-order chi connectivity index (χ1) is 17.3. The Morgan fingerprint density at radius 2 is 1.53 bits per heavy atom. The van der Waals surface area contributed by atoms with Crippen LogP contribution in [0.3, 0.4) is 0 Å². The molecule has 1 heterocycles. The minimum atomic E-state index is -0.347. The van der Waals surface area contributed by atoms with E-state index in [9.17, 15) is 9.59 Å². The van der Waals surface area contributed by atoms with Crippen molar-refractivity contribution in [2.24, 2.45) is 23.7 Å². The molecule has 184 valence electrons. The van der Waals surface area contributed by atoms with Crippen molar-refractivity contribution in [3.63, 3.8) is 0 Å². The number of alkyl halides is 1. The van der Waals surface area contributed by atoms with Gasteiger partial charge in [-0.2, -0.15) is 0 Å². The average molecular weight is 546 g/mol. The highest BCUT2D eigenvalue weighted by molar-refractivity contribution is 9.09. The summed E-state index contributed by atoms with van der Waals surface area (Å²) in [5.41, 5.74) is 3.05. The van der Waals surface area contributed by atoms with E-state index < -0.39 is 0 Å². The molecule has 6 atom stereocenters. The van der Waals surface area contributed by atoms with Gasteiger partial charge in [0.1, 0.15) is 17.6 Å². The fraction of sp³-hybridized carbons (Fsp3) is 0.333. The molecule has 3 fully saturated rings. The van der Waals surface area contributed by atoms with E-state index >= 15 is 0 Å². The number of carbonyl (C=O) groups is 2. The van der Waals surface area contributed by atoms with Crippen LogP contribution in [0.5, 0.6) is 11.5 Å². The van der Waals surface area contributed by atoms with Gasteiger partial charge in [-0.15, -0.1) is 0 Å². The third-order valence-corrected chi connectivity index (χ3v) is 9.45. The Morgan fingerprint density at radius 1 is 0.917 bits per heavy atom. The first kappa shape index (κ1) is 23.3. The van der Waals surface area contributed by atoms with Crippen LogP contribution in [0.15, 0.2) is 78.9 Å². The lowest BCUT2D eigenvalue weighted by atomic mass is 9.78. The fourth-order valence-corrected chi connectivity index (χ4v) is 7.30. The minimum absolute atomic E-state index is 0.0568. The van der Waals surface area contributed by atoms with Gasteiger partial charge in [0.15, 0.2) is 0 Å². The summed E-state index contributed by atoms with van der Waals surface area (Å²) in [4.78, 5) is 25.5. The maximum atomic E-state index is 13.1. The lowest BCUT2D eigenvalue weighted by Gasteiger charge is -2.27. The van der Waals surface area contributed by atoms with Crippen molar-refractivity contribution in [1.82, 2.24) is 0 Å². The SMILES string of the molecule is CC(C)(c1ccccc1)c1ccc(Oc2ccc(NC(=O)[C@@H]3[C@H]4C[C@H]5[C@H](OC(=O)[C@H]53)[C@H]4Br)cc2)cc1. The van der Waals surface area contributed by atoms with E-state index in [0.717, 1.165) is 12.2 Å². The summed E-state index contributed by atoms with van der Waals surface area (Å²) in [6.07, 6.45) is 0.787. The van der Waals surface area contributed by atoms with Crippen LogP contribution >= 0.6 is 15.9 Å². The molecule has 3 aromatic carbocycles. The molecule has 3 aliphatic rings. The molecule has 3 aromatic rings. The minimum Gasteiger partial charge on any atom is -0.461 e. The number of nitrogens with one attached hydrogen (secondary N) is 1. The molecule has 6 rings (SSSR count). The molecular formula is C30H28BrNO4. The van der Waals surface area contributed by atoms with Crippen LogP contribution < -0.4 is 10.1 Å². The zero-order valence-electron chi connectivity index (χ0n) is 20.2. The van der Waals surface area contributed by atoms with Crippen molar-refractivity contribution in [1.29, 1.82) is 0 Å². The molecule has 2 aliphatic carbocycles. The molecule has 6 heteroatoms. The van der Waals surface area contributed by atoms with E-state index in [1.54, 1.807) is 0 Å². The number of ether oxygens (including phenoxy) is 2. The third kappa shape index (κ3) is 3.83. The summed E-state index contributed by atoms with van der Waals surface area (Å²) in [6.45, 7) is 4.43. The van der Waals surface area contributed by atoms with Crippen LogP contribution in [0.25, 0.3) is 0 Å². The molecule has 1 amide bonds. The number of benzene rings is 3. The number of carbonyl (C=O) groups excluding carboxylic acids is 2. The maximum absolute atomic E-state index is 13.1. The van der Waals surface area contributed by atoms with Gasteiger partial charge in [-0.25, -0.2) is 0 Å². The average Bonchev–Trinajstić information content (AvgIpc) is 3.50. The first-order valence-corrected chi connectivity index (χ1v) is 13.3. The summed E-state index contributed by atoms with van der Waals surface area (Å²) >= 11 is 3.66. The van der Waals surface area contributed by atoms with Crippen molar-refractivity contribution >= 4 is 33.5 Å². The molecule has 0 radical (unpaired) electrons. The highest BCUT2D eigenvalue weighted by Gasteiger charge is 2.67. The van der Waals surface area contributed by atoms with E-state index in [-0.39, 0.29) is 51.9 Å². The van der Waals surface area contributed by atoms with E-state index in [4.69, 9.17) is 9.47 Å². The molecule has 1 aliphatic heterocycles. The molecule has 36 heavy (non-hydrogen) atoms. The Labute approximate surface area is 219 Å². The number of esters is 1. The molecule has 5 nitrogen and oxygen atoms in total. The lowest BCUT2D eigenvalue weighted by molar-refractivity contribution is -0.145. The summed E-state index contributed by atoms with van der Waals surface area (Å²) in [7, 11) is 0. The van der Waals surface area contributed by atoms with Gasteiger partial charge in [0.05, 0.1) is 16.7 Å². The van der Waals surface area contributed by atoms with E-state index in [1.165, 1.54) is 11.1 Å². The number of hydrogen-bond donors (Lipinski definition) is 1. The van der Waals surface area contributed by atoms with Gasteiger partial charge in [-0.05, 0) is 59.9 Å². The van der Waals surface area contributed by atoms with Gasteiger partial charge < -0.3 is 14.8 Å². The van der Waals surface area contributed by atoms with Gasteiger partial charge in [0.25, 0.3) is 0 Å². The Balaban J connectivity index is 1.10. The van der Waals surface area contributed by atoms with Crippen LogP contribution in [0.4, 0.5) is 5.69 Å². The zero-order chi connectivity index (χ0) is 25.0. The lowest BCUT2D eigenvalue weighted by Crippen LogP contribution is -2.40. The number of anilines is 1. The van der Waals surface area contributed by atoms with E-state index in [2.05, 4.69) is 71.5 Å². The monoisotopic (exact) mass is 545 g/mol. The van der Waals surface area contributed by atoms with Gasteiger partial charge in [-0.3, -0.25) is 9.59 Å². The smallest absolute Gasteiger partial charge is 0.310 e. The second-order valence-electron chi connectivity index (χ2n) is 10.6. The number of halogens is 1. The van der Waals surface area contributed by atoms with Gasteiger partial charge in [0, 0.05) is 17.0 Å². The highest BCUT2D eigenvalue weighted by atomic mass is 79.9. The van der Waals surface area contributed by atoms with Crippen LogP contribution in [0.1, 0.15) is 31.4 Å². The number of amides is 1. The maximum Gasteiger partial charge on any atom is 0.310 e. The van der Waals surface area contributed by atoms with E-state index in [0.29, 0.717) is 11.4 Å². The van der Waals surface area contributed by atoms with Gasteiger partial charge >= 0.3 is 5.97 Å². The molecule has 1 N–H and O–H groups in total. The summed E-state index contributed by atoms with van der Waals surface area (Å²) in [6, 6.07) is 26.0. The molecule has 0 spiro atoms. The second-order valence-corrected chi connectivity index (χ2v) is 11.6. The summed E-state index contributed by atoms with van der Waals surface area (Å²) in [5.74, 6) is 0.726. The Kier molecular flexibility index (Phi) is 5.67. The molecular weight excluding hydrogens is 518 g/mol. The standard InChI is InChI=1S/C30H28BrNO4/c1-30(2,17-6-4-3-5-7-17)18-8-12-20(13-9-18)35-21-14-10-19(11-15-21)32-28(33)24-22-16-23-25(24)29(34)36-27(23)26(22)31/h3-15,22-27H,16H2,1-2H3,(H,32,33)/t22-,23-,24-,25-,26+,27+/m1/s1. The highest BCUT2D eigenvalue weighted by Crippen LogP contribution is 2.60. The van der Waals surface area contributed by atoms with Crippen molar-refractivity contribution in [3.05, 3.63) is 90.0 Å². The molecule has 0 unspecified atom stereocenters. The van der Waals surface area contributed by atoms with E-state index in [1.807, 2.05) is 42.5 Å². The molecule has 0 aromatic heterocycles. The van der Waals surface area contributed by atoms with Gasteiger partial charge in [-0.1, -0.05) is 72.2 Å². The molecule has 2 saturated carbocycles. The number of hydrogen-bond acceptors (Lipinski definition) is 4. The summed E-state index contributed by atoms with van der Waals surface area (Å²) in [5, 5.41) is 3.00. The second kappa shape index (κ2) is 8.77. The first-order valence-electron chi connectivity index (χ1n) is 12.4. The topological polar surface area (TPSA) is 64.6 Å². The van der Waals surface area contributed by atoms with Crippen LogP contribution in [-0.2, 0) is 19.7 Å². The number of rotatable bonds is 6. The third-order valence-electron chi connectivity index (χ3n) is 8.25. The predicted octanol–water partition coefficient (Wildman–Crippen LogP) is 6.31. The van der Waals surface area contributed by atoms with Crippen molar-refractivity contribution < 1.29 is 19.1 Å². The van der Waals surface area contributed by atoms with Crippen molar-refractivity contribution in [2.45, 2.75) is 36.6 Å². The summed E-state index contributed by atoms with van der Waals surface area (Å²) < 4.78 is 11.6. The predicted molar refractivity (Wildman–Crippen MR) is 141 cm³/mol. The Bertz CT molecular complexity index is 1290.